The molecule has 0 bridgehead atoms. The van der Waals surface area contributed by atoms with E-state index in [-0.39, 0.29) is 16.3 Å². The Kier molecular flexibility index (Phi) is 3.99. The summed E-state index contributed by atoms with van der Waals surface area (Å²) in [5.74, 6) is -1.14. The first-order valence-corrected chi connectivity index (χ1v) is 6.39. The SMILES string of the molecule is COc1c(C2CCCCN2)cc(F)c(Br)c1F. The molecule has 2 rings (SSSR count). The predicted octanol–water partition coefficient (Wildman–Crippen LogP) is 3.55. The van der Waals surface area contributed by atoms with E-state index in [0.29, 0.717) is 5.56 Å². The maximum atomic E-state index is 13.8. The molecular formula is C12H14BrF2NO. The van der Waals surface area contributed by atoms with Crippen molar-refractivity contribution in [2.24, 2.45) is 0 Å². The fraction of sp³-hybridized carbons (Fsp3) is 0.500. The topological polar surface area (TPSA) is 21.3 Å². The molecule has 1 aliphatic heterocycles. The van der Waals surface area contributed by atoms with Crippen LogP contribution in [0.4, 0.5) is 8.78 Å². The fourth-order valence-corrected chi connectivity index (χ4v) is 2.47. The zero-order chi connectivity index (χ0) is 12.4. The van der Waals surface area contributed by atoms with Gasteiger partial charge in [-0.3, -0.25) is 0 Å². The minimum Gasteiger partial charge on any atom is -0.493 e. The summed E-state index contributed by atoms with van der Waals surface area (Å²) in [4.78, 5) is 0. The number of benzene rings is 1. The molecule has 0 saturated carbocycles. The Balaban J connectivity index is 2.44. The van der Waals surface area contributed by atoms with Crippen LogP contribution in [0.2, 0.25) is 0 Å². The minimum atomic E-state index is -0.671. The third-order valence-corrected chi connectivity index (χ3v) is 3.76. The number of methoxy groups -OCH3 is 1. The van der Waals surface area contributed by atoms with Gasteiger partial charge in [-0.1, -0.05) is 6.42 Å². The van der Waals surface area contributed by atoms with Crippen molar-refractivity contribution in [3.05, 3.63) is 27.7 Å². The van der Waals surface area contributed by atoms with Gasteiger partial charge in [-0.2, -0.15) is 0 Å². The molecular weight excluding hydrogens is 292 g/mol. The maximum absolute atomic E-state index is 13.8. The molecule has 1 aromatic rings. The molecule has 0 spiro atoms. The zero-order valence-electron chi connectivity index (χ0n) is 9.53. The molecule has 2 nitrogen and oxygen atoms in total. The highest BCUT2D eigenvalue weighted by molar-refractivity contribution is 9.10. The van der Waals surface area contributed by atoms with Gasteiger partial charge < -0.3 is 10.1 Å². The number of hydrogen-bond donors (Lipinski definition) is 1. The molecule has 0 aliphatic carbocycles. The van der Waals surface area contributed by atoms with Crippen LogP contribution in [0.1, 0.15) is 30.9 Å². The Bertz CT molecular complexity index is 419. The Hall–Kier alpha value is -0.680. The number of rotatable bonds is 2. The number of nitrogens with one attached hydrogen (secondary N) is 1. The fourth-order valence-electron chi connectivity index (χ4n) is 2.18. The average molecular weight is 306 g/mol. The molecule has 0 aromatic heterocycles. The minimum absolute atomic E-state index is 0.0317. The van der Waals surface area contributed by atoms with E-state index in [1.165, 1.54) is 13.2 Å². The number of halogens is 3. The van der Waals surface area contributed by atoms with Gasteiger partial charge in [0.1, 0.15) is 5.82 Å². The molecule has 1 fully saturated rings. The second-order valence-electron chi connectivity index (χ2n) is 4.11. The molecule has 0 amide bonds. The van der Waals surface area contributed by atoms with Crippen molar-refractivity contribution in [2.45, 2.75) is 25.3 Å². The van der Waals surface area contributed by atoms with E-state index in [1.54, 1.807) is 0 Å². The molecule has 1 saturated heterocycles. The molecule has 1 aromatic carbocycles. The van der Waals surface area contributed by atoms with Gasteiger partial charge in [0.05, 0.1) is 11.6 Å². The lowest BCUT2D eigenvalue weighted by molar-refractivity contribution is 0.351. The third-order valence-electron chi connectivity index (χ3n) is 3.04. The van der Waals surface area contributed by atoms with Gasteiger partial charge >= 0.3 is 0 Å². The molecule has 5 heteroatoms. The van der Waals surface area contributed by atoms with Gasteiger partial charge in [0, 0.05) is 11.6 Å². The molecule has 0 radical (unpaired) electrons. The Morgan fingerprint density at radius 3 is 2.76 bits per heavy atom. The molecule has 1 N–H and O–H groups in total. The monoisotopic (exact) mass is 305 g/mol. The summed E-state index contributed by atoms with van der Waals surface area (Å²) in [7, 11) is 1.40. The highest BCUT2D eigenvalue weighted by atomic mass is 79.9. The lowest BCUT2D eigenvalue weighted by Crippen LogP contribution is -2.27. The number of ether oxygens (including phenoxy) is 1. The van der Waals surface area contributed by atoms with Gasteiger partial charge in [-0.15, -0.1) is 0 Å². The van der Waals surface area contributed by atoms with Crippen LogP contribution in [0, 0.1) is 11.6 Å². The van der Waals surface area contributed by atoms with Gasteiger partial charge in [0.2, 0.25) is 0 Å². The highest BCUT2D eigenvalue weighted by Gasteiger charge is 2.24. The van der Waals surface area contributed by atoms with Crippen molar-refractivity contribution >= 4 is 15.9 Å². The van der Waals surface area contributed by atoms with Crippen molar-refractivity contribution in [2.75, 3.05) is 13.7 Å². The Morgan fingerprint density at radius 1 is 1.41 bits per heavy atom. The molecule has 17 heavy (non-hydrogen) atoms. The van der Waals surface area contributed by atoms with Crippen molar-refractivity contribution in [3.8, 4) is 5.75 Å². The zero-order valence-corrected chi connectivity index (χ0v) is 11.1. The van der Waals surface area contributed by atoms with E-state index in [2.05, 4.69) is 21.2 Å². The van der Waals surface area contributed by atoms with Crippen LogP contribution in [0.5, 0.6) is 5.75 Å². The van der Waals surface area contributed by atoms with E-state index in [9.17, 15) is 8.78 Å². The molecule has 1 atom stereocenters. The van der Waals surface area contributed by atoms with E-state index in [1.807, 2.05) is 0 Å². The first-order chi connectivity index (χ1) is 8.15. The van der Waals surface area contributed by atoms with E-state index in [4.69, 9.17) is 4.74 Å². The summed E-state index contributed by atoms with van der Waals surface area (Å²) in [6.07, 6.45) is 3.03. The maximum Gasteiger partial charge on any atom is 0.182 e. The van der Waals surface area contributed by atoms with Crippen LogP contribution >= 0.6 is 15.9 Å². The standard InChI is InChI=1S/C12H14BrF2NO/c1-17-12-7(9-4-2-3-5-16-9)6-8(14)10(13)11(12)15/h6,9,16H,2-5H2,1H3. The van der Waals surface area contributed by atoms with Crippen LogP contribution in [-0.2, 0) is 0 Å². The van der Waals surface area contributed by atoms with Gasteiger partial charge in [0.15, 0.2) is 11.6 Å². The van der Waals surface area contributed by atoms with Crippen LogP contribution in [-0.4, -0.2) is 13.7 Å². The highest BCUT2D eigenvalue weighted by Crippen LogP contribution is 2.37. The molecule has 1 unspecified atom stereocenters. The smallest absolute Gasteiger partial charge is 0.182 e. The number of piperidine rings is 1. The summed E-state index contributed by atoms with van der Waals surface area (Å²) >= 11 is 2.88. The average Bonchev–Trinajstić information content (AvgIpc) is 2.36. The van der Waals surface area contributed by atoms with Crippen LogP contribution in [0.3, 0.4) is 0 Å². The number of hydrogen-bond acceptors (Lipinski definition) is 2. The van der Waals surface area contributed by atoms with Crippen molar-refractivity contribution in [1.29, 1.82) is 0 Å². The normalized spacial score (nSPS) is 20.4. The summed E-state index contributed by atoms with van der Waals surface area (Å²) in [6.45, 7) is 0.868. The summed E-state index contributed by atoms with van der Waals surface area (Å²) in [6, 6.07) is 1.31. The van der Waals surface area contributed by atoms with Gasteiger partial charge in [-0.25, -0.2) is 8.78 Å². The second kappa shape index (κ2) is 5.31. The van der Waals surface area contributed by atoms with E-state index in [0.717, 1.165) is 25.8 Å². The summed E-state index contributed by atoms with van der Waals surface area (Å²) < 4.78 is 32.3. The lowest BCUT2D eigenvalue weighted by Gasteiger charge is -2.25. The van der Waals surface area contributed by atoms with E-state index < -0.39 is 11.6 Å². The van der Waals surface area contributed by atoms with Crippen LogP contribution in [0.15, 0.2) is 10.5 Å². The first kappa shape index (κ1) is 12.8. The second-order valence-corrected chi connectivity index (χ2v) is 4.90. The van der Waals surface area contributed by atoms with Gasteiger partial charge in [0.25, 0.3) is 0 Å². The quantitative estimate of drug-likeness (QED) is 0.844. The lowest BCUT2D eigenvalue weighted by atomic mass is 9.96. The van der Waals surface area contributed by atoms with Crippen molar-refractivity contribution in [3.63, 3.8) is 0 Å². The predicted molar refractivity (Wildman–Crippen MR) is 65.2 cm³/mol. The first-order valence-electron chi connectivity index (χ1n) is 5.60. The van der Waals surface area contributed by atoms with Gasteiger partial charge in [-0.05, 0) is 41.4 Å². The molecule has 94 valence electrons. The van der Waals surface area contributed by atoms with Crippen molar-refractivity contribution in [1.82, 2.24) is 5.32 Å². The van der Waals surface area contributed by atoms with Crippen LogP contribution < -0.4 is 10.1 Å². The van der Waals surface area contributed by atoms with E-state index >= 15 is 0 Å². The summed E-state index contributed by atoms with van der Waals surface area (Å²) in [5, 5.41) is 3.26. The molecule has 1 aliphatic rings. The molecule has 1 heterocycles. The van der Waals surface area contributed by atoms with Crippen molar-refractivity contribution < 1.29 is 13.5 Å². The van der Waals surface area contributed by atoms with Crippen LogP contribution in [0.25, 0.3) is 0 Å². The Labute approximate surface area is 107 Å². The third kappa shape index (κ3) is 2.45. The Morgan fingerprint density at radius 2 is 2.18 bits per heavy atom. The summed E-state index contributed by atoms with van der Waals surface area (Å²) in [5.41, 5.74) is 0.561. The largest absolute Gasteiger partial charge is 0.493 e.